The van der Waals surface area contributed by atoms with Crippen LogP contribution in [0.2, 0.25) is 0 Å². The summed E-state index contributed by atoms with van der Waals surface area (Å²) in [4.78, 5) is 23.2. The van der Waals surface area contributed by atoms with Crippen LogP contribution in [0, 0.1) is 11.6 Å². The van der Waals surface area contributed by atoms with E-state index in [0.29, 0.717) is 6.08 Å². The molecule has 0 aliphatic heterocycles. The van der Waals surface area contributed by atoms with Gasteiger partial charge in [0.05, 0.1) is 5.70 Å². The van der Waals surface area contributed by atoms with Crippen LogP contribution in [-0.2, 0) is 16.1 Å². The fraction of sp³-hybridized carbons (Fsp3) is 0. The summed E-state index contributed by atoms with van der Waals surface area (Å²) in [6.45, 7) is 0. The molecule has 7 nitrogen and oxygen atoms in total. The maximum Gasteiger partial charge on any atom is 0.330 e. The standard InChI is InChI=1S/C16H12F2N2O5S/c17-12-6-3-10(7-13(12)18)14(8-15(21)22)19-16(23)9-1-4-11(5-2-9)20-26(24)25/h1-8,20H,(H,19,23)(H,21,22)(H,24,25)/b14-8-. The third-order valence-electron chi connectivity index (χ3n) is 3.10. The number of rotatable bonds is 6. The van der Waals surface area contributed by atoms with Crippen LogP contribution in [0.15, 0.2) is 48.5 Å². The van der Waals surface area contributed by atoms with Crippen LogP contribution in [0.3, 0.4) is 0 Å². The molecule has 1 amide bonds. The molecule has 2 aromatic carbocycles. The molecule has 0 spiro atoms. The van der Waals surface area contributed by atoms with Gasteiger partial charge in [-0.1, -0.05) is 0 Å². The molecule has 26 heavy (non-hydrogen) atoms. The van der Waals surface area contributed by atoms with Crippen molar-refractivity contribution in [3.05, 3.63) is 71.3 Å². The summed E-state index contributed by atoms with van der Waals surface area (Å²) in [6, 6.07) is 8.07. The Morgan fingerprint density at radius 1 is 1.00 bits per heavy atom. The molecule has 4 N–H and O–H groups in total. The van der Waals surface area contributed by atoms with E-state index >= 15 is 0 Å². The number of carbonyl (C=O) groups is 2. The minimum atomic E-state index is -2.27. The monoisotopic (exact) mass is 382 g/mol. The van der Waals surface area contributed by atoms with Gasteiger partial charge in [0, 0.05) is 22.9 Å². The Kier molecular flexibility index (Phi) is 6.15. The van der Waals surface area contributed by atoms with Crippen LogP contribution in [0.1, 0.15) is 15.9 Å². The first kappa shape index (κ1) is 19.2. The van der Waals surface area contributed by atoms with E-state index in [4.69, 9.17) is 9.66 Å². The number of halogens is 2. The van der Waals surface area contributed by atoms with E-state index in [9.17, 15) is 22.6 Å². The smallest absolute Gasteiger partial charge is 0.330 e. The molecule has 0 saturated heterocycles. The molecular weight excluding hydrogens is 370 g/mol. The van der Waals surface area contributed by atoms with Crippen LogP contribution in [0.25, 0.3) is 5.70 Å². The average Bonchev–Trinajstić information content (AvgIpc) is 2.56. The average molecular weight is 382 g/mol. The summed E-state index contributed by atoms with van der Waals surface area (Å²) in [5.74, 6) is -4.41. The number of hydrogen-bond acceptors (Lipinski definition) is 3. The Bertz CT molecular complexity index is 900. The topological polar surface area (TPSA) is 116 Å². The molecule has 1 unspecified atom stereocenters. The van der Waals surface area contributed by atoms with Crippen molar-refractivity contribution in [2.24, 2.45) is 0 Å². The molecule has 2 rings (SSSR count). The van der Waals surface area contributed by atoms with Gasteiger partial charge in [-0.15, -0.1) is 0 Å². The zero-order valence-electron chi connectivity index (χ0n) is 12.9. The molecule has 1 atom stereocenters. The van der Waals surface area contributed by atoms with Crippen LogP contribution in [0.4, 0.5) is 14.5 Å². The third-order valence-corrected chi connectivity index (χ3v) is 3.51. The molecule has 0 fully saturated rings. The van der Waals surface area contributed by atoms with Crippen molar-refractivity contribution >= 4 is 34.5 Å². The molecule has 0 aromatic heterocycles. The first-order chi connectivity index (χ1) is 12.3. The number of nitrogens with one attached hydrogen (secondary N) is 2. The molecule has 0 heterocycles. The summed E-state index contributed by atoms with van der Waals surface area (Å²) in [5.41, 5.74) is 0.121. The van der Waals surface area contributed by atoms with E-state index in [1.165, 1.54) is 24.3 Å². The first-order valence-electron chi connectivity index (χ1n) is 6.95. The van der Waals surface area contributed by atoms with Crippen LogP contribution in [-0.4, -0.2) is 25.7 Å². The lowest BCUT2D eigenvalue weighted by Crippen LogP contribution is -2.23. The van der Waals surface area contributed by atoms with Crippen molar-refractivity contribution in [3.63, 3.8) is 0 Å². The molecule has 0 bridgehead atoms. The van der Waals surface area contributed by atoms with Gasteiger partial charge >= 0.3 is 5.97 Å². The number of carboxylic acid groups (broad SMARTS) is 1. The number of carboxylic acids is 1. The Morgan fingerprint density at radius 3 is 2.15 bits per heavy atom. The normalized spacial score (nSPS) is 12.3. The quantitative estimate of drug-likeness (QED) is 0.452. The molecule has 0 radical (unpaired) electrons. The lowest BCUT2D eigenvalue weighted by Gasteiger charge is -2.11. The van der Waals surface area contributed by atoms with E-state index < -0.39 is 34.8 Å². The van der Waals surface area contributed by atoms with Crippen molar-refractivity contribution in [3.8, 4) is 0 Å². The van der Waals surface area contributed by atoms with E-state index in [0.717, 1.165) is 18.2 Å². The van der Waals surface area contributed by atoms with Crippen LogP contribution < -0.4 is 10.0 Å². The fourth-order valence-electron chi connectivity index (χ4n) is 1.96. The van der Waals surface area contributed by atoms with E-state index in [2.05, 4.69) is 10.0 Å². The largest absolute Gasteiger partial charge is 0.478 e. The Balaban J connectivity index is 2.25. The SMILES string of the molecule is O=C(O)/C=C(\NC(=O)c1ccc(NS(=O)O)cc1)c1ccc(F)c(F)c1. The summed E-state index contributed by atoms with van der Waals surface area (Å²) in [7, 11) is 0. The van der Waals surface area contributed by atoms with Gasteiger partial charge in [0.1, 0.15) is 0 Å². The molecule has 10 heteroatoms. The zero-order chi connectivity index (χ0) is 19.3. The van der Waals surface area contributed by atoms with Crippen molar-refractivity contribution in [2.45, 2.75) is 0 Å². The van der Waals surface area contributed by atoms with Gasteiger partial charge in [-0.25, -0.2) is 17.8 Å². The summed E-state index contributed by atoms with van der Waals surface area (Å²) in [5, 5.41) is 11.2. The predicted molar refractivity (Wildman–Crippen MR) is 90.3 cm³/mol. The second kappa shape index (κ2) is 8.32. The summed E-state index contributed by atoms with van der Waals surface area (Å²) >= 11 is -2.27. The third kappa shape index (κ3) is 5.19. The van der Waals surface area contributed by atoms with Crippen molar-refractivity contribution in [1.29, 1.82) is 0 Å². The van der Waals surface area contributed by atoms with Crippen molar-refractivity contribution < 1.29 is 32.2 Å². The number of amides is 1. The highest BCUT2D eigenvalue weighted by atomic mass is 32.2. The summed E-state index contributed by atoms with van der Waals surface area (Å²) in [6.07, 6.45) is 0.648. The van der Waals surface area contributed by atoms with Crippen molar-refractivity contribution in [1.82, 2.24) is 5.32 Å². The molecule has 0 aliphatic rings. The van der Waals surface area contributed by atoms with Gasteiger partial charge in [-0.05, 0) is 42.5 Å². The van der Waals surface area contributed by atoms with Crippen LogP contribution in [0.5, 0.6) is 0 Å². The van der Waals surface area contributed by atoms with Gasteiger partial charge in [-0.3, -0.25) is 14.1 Å². The number of benzene rings is 2. The molecular formula is C16H12F2N2O5S. The van der Waals surface area contributed by atoms with Crippen molar-refractivity contribution in [2.75, 3.05) is 4.72 Å². The van der Waals surface area contributed by atoms with E-state index in [1.807, 2.05) is 0 Å². The first-order valence-corrected chi connectivity index (χ1v) is 8.06. The number of aliphatic carboxylic acids is 1. The fourth-order valence-corrected chi connectivity index (χ4v) is 2.30. The zero-order valence-corrected chi connectivity index (χ0v) is 13.7. The maximum atomic E-state index is 13.4. The Hall–Kier alpha value is -3.11. The lowest BCUT2D eigenvalue weighted by atomic mass is 10.1. The minimum Gasteiger partial charge on any atom is -0.478 e. The van der Waals surface area contributed by atoms with Gasteiger partial charge in [-0.2, -0.15) is 0 Å². The number of anilines is 1. The van der Waals surface area contributed by atoms with E-state index in [-0.39, 0.29) is 22.5 Å². The van der Waals surface area contributed by atoms with Gasteiger partial charge in [0.25, 0.3) is 17.2 Å². The highest BCUT2D eigenvalue weighted by molar-refractivity contribution is 7.80. The molecule has 0 saturated carbocycles. The Morgan fingerprint density at radius 2 is 1.62 bits per heavy atom. The molecule has 0 aliphatic carbocycles. The molecule has 2 aromatic rings. The van der Waals surface area contributed by atoms with Gasteiger partial charge < -0.3 is 10.4 Å². The predicted octanol–water partition coefficient (Wildman–Crippen LogP) is 2.37. The summed E-state index contributed by atoms with van der Waals surface area (Å²) < 4.78 is 48.0. The van der Waals surface area contributed by atoms with Gasteiger partial charge in [0.2, 0.25) is 0 Å². The number of carbonyl (C=O) groups excluding carboxylic acids is 1. The molecule has 136 valence electrons. The van der Waals surface area contributed by atoms with Crippen LogP contribution >= 0.6 is 0 Å². The lowest BCUT2D eigenvalue weighted by molar-refractivity contribution is -0.131. The van der Waals surface area contributed by atoms with Gasteiger partial charge in [0.15, 0.2) is 11.6 Å². The van der Waals surface area contributed by atoms with E-state index in [1.54, 1.807) is 0 Å². The maximum absolute atomic E-state index is 13.4. The Labute approximate surface area is 148 Å². The minimum absolute atomic E-state index is 0.0337. The highest BCUT2D eigenvalue weighted by Gasteiger charge is 2.13. The second-order valence-corrected chi connectivity index (χ2v) is 5.61. The highest BCUT2D eigenvalue weighted by Crippen LogP contribution is 2.17. The second-order valence-electron chi connectivity index (χ2n) is 4.91. The number of hydrogen-bond donors (Lipinski definition) is 4.